The SMILES string of the molecule is c1ccc(-c2ccc3cccc4c3c2-c2cc3c(ccc5c6cc7c(cc6ccc35)-c3cc5ccccc5c5cccc-7c35)cc2-4)cc1. The third-order valence-electron chi connectivity index (χ3n) is 11.3. The fourth-order valence-electron chi connectivity index (χ4n) is 9.19. The van der Waals surface area contributed by atoms with Crippen LogP contribution in [0.1, 0.15) is 0 Å². The van der Waals surface area contributed by atoms with Crippen LogP contribution in [0, 0.1) is 0 Å². The predicted molar refractivity (Wildman–Crippen MR) is 206 cm³/mol. The summed E-state index contributed by atoms with van der Waals surface area (Å²) in [5.74, 6) is 0. The molecule has 0 radical (unpaired) electrons. The molecule has 12 rings (SSSR count). The molecule has 0 heterocycles. The summed E-state index contributed by atoms with van der Waals surface area (Å²) in [6.07, 6.45) is 0. The molecule has 0 heteroatoms. The van der Waals surface area contributed by atoms with Gasteiger partial charge in [-0.1, -0.05) is 127 Å². The second-order valence-electron chi connectivity index (χ2n) is 13.6. The average Bonchev–Trinajstić information content (AvgIpc) is 3.64. The standard InChI is InChI=1S/C48H26/c1-2-8-27(9-3-1)33-19-16-28-11-6-13-37-41-22-30-17-20-34-35(40(30)26-45(41)48(33)46(28)37)21-18-31-23-42-43(25-39(31)34)38-15-7-14-36-32-12-5-4-10-29(32)24-44(42)47(36)38/h1-26H. The van der Waals surface area contributed by atoms with Crippen molar-refractivity contribution < 1.29 is 0 Å². The lowest BCUT2D eigenvalue weighted by molar-refractivity contribution is 1.65. The number of fused-ring (bicyclic) bond motifs is 13. The zero-order chi connectivity index (χ0) is 31.1. The van der Waals surface area contributed by atoms with Gasteiger partial charge in [-0.3, -0.25) is 0 Å². The van der Waals surface area contributed by atoms with Gasteiger partial charge >= 0.3 is 0 Å². The monoisotopic (exact) mass is 602 g/mol. The van der Waals surface area contributed by atoms with Crippen molar-refractivity contribution in [3.05, 3.63) is 158 Å². The Morgan fingerprint density at radius 3 is 1.60 bits per heavy atom. The maximum Gasteiger partial charge on any atom is -0.00141 e. The van der Waals surface area contributed by atoms with Crippen molar-refractivity contribution in [1.29, 1.82) is 0 Å². The molecule has 10 aromatic carbocycles. The van der Waals surface area contributed by atoms with Crippen LogP contribution in [0.2, 0.25) is 0 Å². The van der Waals surface area contributed by atoms with Crippen LogP contribution >= 0.6 is 0 Å². The zero-order valence-electron chi connectivity index (χ0n) is 26.0. The van der Waals surface area contributed by atoms with E-state index in [1.54, 1.807) is 0 Å². The largest absolute Gasteiger partial charge is 0.0622 e. The first-order chi connectivity index (χ1) is 23.8. The average molecular weight is 603 g/mol. The molecule has 0 unspecified atom stereocenters. The van der Waals surface area contributed by atoms with Crippen LogP contribution in [0.3, 0.4) is 0 Å². The van der Waals surface area contributed by atoms with E-state index >= 15 is 0 Å². The van der Waals surface area contributed by atoms with Crippen LogP contribution in [-0.4, -0.2) is 0 Å². The topological polar surface area (TPSA) is 0 Å². The first-order valence-electron chi connectivity index (χ1n) is 16.8. The van der Waals surface area contributed by atoms with Gasteiger partial charge in [-0.2, -0.15) is 0 Å². The molecule has 0 amide bonds. The molecular formula is C48H26. The van der Waals surface area contributed by atoms with Crippen molar-refractivity contribution >= 4 is 64.6 Å². The van der Waals surface area contributed by atoms with E-state index in [0.29, 0.717) is 0 Å². The Morgan fingerprint density at radius 1 is 0.229 bits per heavy atom. The minimum atomic E-state index is 1.26. The number of rotatable bonds is 1. The summed E-state index contributed by atoms with van der Waals surface area (Å²) in [6.45, 7) is 0. The van der Waals surface area contributed by atoms with Crippen molar-refractivity contribution in [1.82, 2.24) is 0 Å². The molecule has 0 atom stereocenters. The van der Waals surface area contributed by atoms with Crippen LogP contribution in [-0.2, 0) is 0 Å². The quantitative estimate of drug-likeness (QED) is 0.164. The minimum absolute atomic E-state index is 1.26. The molecule has 2 aliphatic carbocycles. The summed E-state index contributed by atoms with van der Waals surface area (Å²) in [5.41, 5.74) is 13.3. The lowest BCUT2D eigenvalue weighted by Crippen LogP contribution is -1.87. The highest BCUT2D eigenvalue weighted by Gasteiger charge is 2.27. The first kappa shape index (κ1) is 24.9. The smallest absolute Gasteiger partial charge is 0.00141 e. The lowest BCUT2D eigenvalue weighted by Gasteiger charge is -2.14. The highest BCUT2D eigenvalue weighted by Crippen LogP contribution is 2.54. The van der Waals surface area contributed by atoms with Gasteiger partial charge in [0.15, 0.2) is 0 Å². The zero-order valence-corrected chi connectivity index (χ0v) is 26.0. The van der Waals surface area contributed by atoms with E-state index < -0.39 is 0 Å². The molecule has 48 heavy (non-hydrogen) atoms. The number of benzene rings is 10. The van der Waals surface area contributed by atoms with Crippen molar-refractivity contribution in [3.8, 4) is 55.6 Å². The fraction of sp³-hybridized carbons (Fsp3) is 0. The van der Waals surface area contributed by atoms with E-state index in [2.05, 4.69) is 158 Å². The van der Waals surface area contributed by atoms with Crippen molar-refractivity contribution in [3.63, 3.8) is 0 Å². The summed E-state index contributed by atoms with van der Waals surface area (Å²) >= 11 is 0. The molecule has 2 aliphatic rings. The molecule has 0 aromatic heterocycles. The van der Waals surface area contributed by atoms with Crippen LogP contribution in [0.5, 0.6) is 0 Å². The van der Waals surface area contributed by atoms with Gasteiger partial charge in [-0.15, -0.1) is 0 Å². The van der Waals surface area contributed by atoms with Crippen LogP contribution < -0.4 is 0 Å². The first-order valence-corrected chi connectivity index (χ1v) is 16.8. The Kier molecular flexibility index (Phi) is 4.55. The van der Waals surface area contributed by atoms with Gasteiger partial charge in [0.25, 0.3) is 0 Å². The molecule has 0 fully saturated rings. The van der Waals surface area contributed by atoms with Crippen LogP contribution in [0.4, 0.5) is 0 Å². The summed E-state index contributed by atoms with van der Waals surface area (Å²) in [7, 11) is 0. The number of hydrogen-bond acceptors (Lipinski definition) is 0. The van der Waals surface area contributed by atoms with Crippen molar-refractivity contribution in [2.24, 2.45) is 0 Å². The maximum absolute atomic E-state index is 2.48. The third kappa shape index (κ3) is 3.06. The van der Waals surface area contributed by atoms with E-state index in [4.69, 9.17) is 0 Å². The van der Waals surface area contributed by atoms with E-state index in [1.807, 2.05) is 0 Å². The number of hydrogen-bond donors (Lipinski definition) is 0. The van der Waals surface area contributed by atoms with Gasteiger partial charge in [0, 0.05) is 0 Å². The minimum Gasteiger partial charge on any atom is -0.0622 e. The molecule has 0 saturated carbocycles. The second-order valence-corrected chi connectivity index (χ2v) is 13.6. The Hall–Kier alpha value is -6.24. The molecule has 218 valence electrons. The molecular weight excluding hydrogens is 577 g/mol. The normalized spacial score (nSPS) is 12.6. The van der Waals surface area contributed by atoms with Crippen LogP contribution in [0.15, 0.2) is 158 Å². The van der Waals surface area contributed by atoms with Gasteiger partial charge < -0.3 is 0 Å². The molecule has 0 saturated heterocycles. The molecule has 0 nitrogen and oxygen atoms in total. The Morgan fingerprint density at radius 2 is 0.792 bits per heavy atom. The molecule has 0 bridgehead atoms. The molecule has 0 spiro atoms. The van der Waals surface area contributed by atoms with Crippen LogP contribution in [0.25, 0.3) is 120 Å². The predicted octanol–water partition coefficient (Wildman–Crippen LogP) is 13.6. The van der Waals surface area contributed by atoms with E-state index in [0.717, 1.165) is 0 Å². The summed E-state index contributed by atoms with van der Waals surface area (Å²) in [6, 6.07) is 59.5. The van der Waals surface area contributed by atoms with Gasteiger partial charge in [-0.25, -0.2) is 0 Å². The molecule has 0 N–H and O–H groups in total. The van der Waals surface area contributed by atoms with Gasteiger partial charge in [0.1, 0.15) is 0 Å². The Labute approximate surface area is 277 Å². The molecule has 0 aliphatic heterocycles. The highest BCUT2D eigenvalue weighted by molar-refractivity contribution is 6.28. The second kappa shape index (κ2) is 8.76. The van der Waals surface area contributed by atoms with Crippen molar-refractivity contribution in [2.45, 2.75) is 0 Å². The Bertz CT molecular complexity index is 3090. The lowest BCUT2D eigenvalue weighted by atomic mass is 9.90. The highest BCUT2D eigenvalue weighted by atomic mass is 14.3. The summed E-state index contributed by atoms with van der Waals surface area (Å²) in [4.78, 5) is 0. The maximum atomic E-state index is 2.48. The van der Waals surface area contributed by atoms with E-state index in [9.17, 15) is 0 Å². The summed E-state index contributed by atoms with van der Waals surface area (Å²) in [5, 5.41) is 15.9. The van der Waals surface area contributed by atoms with E-state index in [-0.39, 0.29) is 0 Å². The fourth-order valence-corrected chi connectivity index (χ4v) is 9.19. The summed E-state index contributed by atoms with van der Waals surface area (Å²) < 4.78 is 0. The van der Waals surface area contributed by atoms with E-state index in [1.165, 1.54) is 120 Å². The molecule has 10 aromatic rings. The van der Waals surface area contributed by atoms with Crippen molar-refractivity contribution in [2.75, 3.05) is 0 Å². The van der Waals surface area contributed by atoms with Gasteiger partial charge in [-0.05, 0) is 151 Å². The van der Waals surface area contributed by atoms with Gasteiger partial charge in [0.05, 0.1) is 0 Å². The van der Waals surface area contributed by atoms with Gasteiger partial charge in [0.2, 0.25) is 0 Å². The third-order valence-corrected chi connectivity index (χ3v) is 11.3. The Balaban J connectivity index is 1.13.